The highest BCUT2D eigenvalue weighted by atomic mass is 35.5. The van der Waals surface area contributed by atoms with E-state index in [-0.39, 0.29) is 17.7 Å². The molecule has 0 radical (unpaired) electrons. The minimum absolute atomic E-state index is 0.257. The van der Waals surface area contributed by atoms with Gasteiger partial charge in [0, 0.05) is 17.3 Å². The number of nitrogens with one attached hydrogen (secondary N) is 4. The van der Waals surface area contributed by atoms with Gasteiger partial charge in [-0.05, 0) is 56.2 Å². The quantitative estimate of drug-likeness (QED) is 0.276. The van der Waals surface area contributed by atoms with Crippen molar-refractivity contribution in [1.82, 2.24) is 20.4 Å². The van der Waals surface area contributed by atoms with Crippen molar-refractivity contribution in [2.24, 2.45) is 0 Å². The Morgan fingerprint density at radius 2 is 1.44 bits per heavy atom. The Bertz CT molecular complexity index is 1380. The molecule has 2 aromatic carbocycles. The summed E-state index contributed by atoms with van der Waals surface area (Å²) in [6, 6.07) is 10.7. The van der Waals surface area contributed by atoms with Crippen LogP contribution in [-0.4, -0.2) is 27.0 Å². The number of aromatic nitrogens is 4. The number of ether oxygens (including phenoxy) is 2. The Morgan fingerprint density at radius 1 is 0.794 bits per heavy atom. The molecule has 0 atom stereocenters. The lowest BCUT2D eigenvalue weighted by molar-refractivity contribution is 0.269. The Hall–Kier alpha value is -3.36. The second kappa shape index (κ2) is 9.87. The van der Waals surface area contributed by atoms with E-state index < -0.39 is 5.92 Å². The molecular formula is C24H24Cl2N4O4. The lowest BCUT2D eigenvalue weighted by atomic mass is 9.85. The number of halogens is 2. The highest BCUT2D eigenvalue weighted by Crippen LogP contribution is 2.37. The molecular weight excluding hydrogens is 479 g/mol. The molecule has 0 saturated carbocycles. The third-order valence-electron chi connectivity index (χ3n) is 5.58. The normalized spacial score (nSPS) is 11.2. The van der Waals surface area contributed by atoms with Gasteiger partial charge in [0.05, 0.1) is 27.8 Å². The van der Waals surface area contributed by atoms with Crippen LogP contribution in [0, 0.1) is 13.8 Å². The maximum Gasteiger partial charge on any atom is 0.268 e. The largest absolute Gasteiger partial charge is 0.490 e. The number of rotatable bonds is 8. The summed E-state index contributed by atoms with van der Waals surface area (Å²) in [4.78, 5) is 25.4. The van der Waals surface area contributed by atoms with Gasteiger partial charge in [-0.25, -0.2) is 0 Å². The fourth-order valence-corrected chi connectivity index (χ4v) is 4.29. The SMILES string of the molecule is CCOc1cc(C(c2c(C)[nH][nH]c2=O)c2c(C)[nH][nH]c2=O)ccc1OCc1ccc(Cl)c(Cl)c1. The Kier molecular flexibility index (Phi) is 6.90. The van der Waals surface area contributed by atoms with Crippen molar-refractivity contribution in [3.8, 4) is 11.5 Å². The lowest BCUT2D eigenvalue weighted by Gasteiger charge is -2.19. The minimum Gasteiger partial charge on any atom is -0.490 e. The fraction of sp³-hybridized carbons (Fsp3) is 0.250. The monoisotopic (exact) mass is 502 g/mol. The second-order valence-corrected chi connectivity index (χ2v) is 8.66. The third-order valence-corrected chi connectivity index (χ3v) is 6.32. The molecule has 0 amide bonds. The summed E-state index contributed by atoms with van der Waals surface area (Å²) >= 11 is 12.1. The van der Waals surface area contributed by atoms with Crippen molar-refractivity contribution in [3.63, 3.8) is 0 Å². The van der Waals surface area contributed by atoms with Gasteiger partial charge in [-0.2, -0.15) is 0 Å². The summed E-state index contributed by atoms with van der Waals surface area (Å²) < 4.78 is 11.9. The van der Waals surface area contributed by atoms with Crippen molar-refractivity contribution in [1.29, 1.82) is 0 Å². The molecule has 0 saturated heterocycles. The van der Waals surface area contributed by atoms with E-state index in [1.807, 2.05) is 19.1 Å². The van der Waals surface area contributed by atoms with Crippen LogP contribution in [0.4, 0.5) is 0 Å². The van der Waals surface area contributed by atoms with E-state index in [1.165, 1.54) is 0 Å². The molecule has 10 heteroatoms. The molecule has 8 nitrogen and oxygen atoms in total. The summed E-state index contributed by atoms with van der Waals surface area (Å²) in [5.74, 6) is 0.405. The molecule has 4 aromatic rings. The first-order valence-corrected chi connectivity index (χ1v) is 11.4. The van der Waals surface area contributed by atoms with Crippen LogP contribution in [0.25, 0.3) is 0 Å². The average Bonchev–Trinajstić information content (AvgIpc) is 3.32. The van der Waals surface area contributed by atoms with Crippen molar-refractivity contribution >= 4 is 23.2 Å². The van der Waals surface area contributed by atoms with Gasteiger partial charge < -0.3 is 19.7 Å². The molecule has 34 heavy (non-hydrogen) atoms. The second-order valence-electron chi connectivity index (χ2n) is 7.84. The summed E-state index contributed by atoms with van der Waals surface area (Å²) in [5.41, 5.74) is 3.19. The van der Waals surface area contributed by atoms with Crippen LogP contribution in [0.2, 0.25) is 10.0 Å². The van der Waals surface area contributed by atoms with Gasteiger partial charge in [0.2, 0.25) is 0 Å². The van der Waals surface area contributed by atoms with Crippen molar-refractivity contribution in [3.05, 3.63) is 101 Å². The molecule has 4 rings (SSSR count). The molecule has 0 fully saturated rings. The first-order valence-electron chi connectivity index (χ1n) is 10.7. The number of hydrogen-bond donors (Lipinski definition) is 4. The van der Waals surface area contributed by atoms with Crippen LogP contribution in [-0.2, 0) is 6.61 Å². The van der Waals surface area contributed by atoms with Crippen LogP contribution in [0.5, 0.6) is 11.5 Å². The molecule has 0 bridgehead atoms. The van der Waals surface area contributed by atoms with E-state index >= 15 is 0 Å². The molecule has 0 aliphatic rings. The van der Waals surface area contributed by atoms with Crippen LogP contribution in [0.1, 0.15) is 46.5 Å². The van der Waals surface area contributed by atoms with Gasteiger partial charge in [-0.1, -0.05) is 35.3 Å². The smallest absolute Gasteiger partial charge is 0.268 e. The molecule has 0 unspecified atom stereocenters. The van der Waals surface area contributed by atoms with Gasteiger partial charge >= 0.3 is 0 Å². The zero-order valence-corrected chi connectivity index (χ0v) is 20.4. The molecule has 178 valence electrons. The zero-order chi connectivity index (χ0) is 24.4. The molecule has 0 aliphatic carbocycles. The summed E-state index contributed by atoms with van der Waals surface area (Å²) in [7, 11) is 0. The zero-order valence-electron chi connectivity index (χ0n) is 18.8. The number of aromatic amines is 4. The lowest BCUT2D eigenvalue weighted by Crippen LogP contribution is -2.20. The van der Waals surface area contributed by atoms with Gasteiger partial charge in [0.25, 0.3) is 11.1 Å². The predicted octanol–water partition coefficient (Wildman–Crippen LogP) is 4.80. The van der Waals surface area contributed by atoms with E-state index in [4.69, 9.17) is 32.7 Å². The van der Waals surface area contributed by atoms with Crippen LogP contribution in [0.15, 0.2) is 46.0 Å². The Labute approximate surface area is 205 Å². The maximum atomic E-state index is 12.7. The first-order chi connectivity index (χ1) is 16.3. The Morgan fingerprint density at radius 3 is 1.97 bits per heavy atom. The van der Waals surface area contributed by atoms with Crippen LogP contribution < -0.4 is 20.6 Å². The highest BCUT2D eigenvalue weighted by molar-refractivity contribution is 6.42. The standard InChI is InChI=1S/C24H24Cl2N4O4/c1-4-33-19-10-15(6-8-18(19)34-11-14-5-7-16(25)17(26)9-14)22(20-12(2)27-29-23(20)31)21-13(3)28-30-24(21)32/h5-10,22H,4,11H2,1-3H3,(H2,27,29,31)(H2,28,30,32). The topological polar surface area (TPSA) is 116 Å². The van der Waals surface area contributed by atoms with Crippen molar-refractivity contribution < 1.29 is 9.47 Å². The molecule has 0 spiro atoms. The van der Waals surface area contributed by atoms with Crippen molar-refractivity contribution in [2.75, 3.05) is 6.61 Å². The first kappa shape index (κ1) is 23.8. The van der Waals surface area contributed by atoms with Gasteiger partial charge in [-0.15, -0.1) is 0 Å². The fourth-order valence-electron chi connectivity index (χ4n) is 3.97. The number of H-pyrrole nitrogens is 4. The van der Waals surface area contributed by atoms with E-state index in [0.717, 1.165) is 5.56 Å². The minimum atomic E-state index is -0.617. The predicted molar refractivity (Wildman–Crippen MR) is 132 cm³/mol. The number of hydrogen-bond acceptors (Lipinski definition) is 4. The number of benzene rings is 2. The maximum absolute atomic E-state index is 12.7. The Balaban J connectivity index is 1.76. The number of aryl methyl sites for hydroxylation is 2. The summed E-state index contributed by atoms with van der Waals surface area (Å²) in [6.07, 6.45) is 0. The van der Waals surface area contributed by atoms with Gasteiger partial charge in [0.15, 0.2) is 11.5 Å². The summed E-state index contributed by atoms with van der Waals surface area (Å²) in [6.45, 7) is 6.11. The molecule has 2 aromatic heterocycles. The van der Waals surface area contributed by atoms with E-state index in [1.54, 1.807) is 38.1 Å². The van der Waals surface area contributed by atoms with Crippen LogP contribution >= 0.6 is 23.2 Å². The van der Waals surface area contributed by atoms with Crippen LogP contribution in [0.3, 0.4) is 0 Å². The highest BCUT2D eigenvalue weighted by Gasteiger charge is 2.29. The van der Waals surface area contributed by atoms with E-state index in [9.17, 15) is 9.59 Å². The molecule has 2 heterocycles. The van der Waals surface area contributed by atoms with E-state index in [0.29, 0.717) is 56.2 Å². The van der Waals surface area contributed by atoms with Gasteiger partial charge in [0.1, 0.15) is 6.61 Å². The summed E-state index contributed by atoms with van der Waals surface area (Å²) in [5, 5.41) is 11.8. The van der Waals surface area contributed by atoms with E-state index in [2.05, 4.69) is 20.4 Å². The third kappa shape index (κ3) is 4.64. The average molecular weight is 503 g/mol. The molecule has 4 N–H and O–H groups in total. The van der Waals surface area contributed by atoms with Gasteiger partial charge in [-0.3, -0.25) is 19.8 Å². The van der Waals surface area contributed by atoms with Crippen molar-refractivity contribution in [2.45, 2.75) is 33.3 Å². The molecule has 0 aliphatic heterocycles.